The summed E-state index contributed by atoms with van der Waals surface area (Å²) in [5, 5.41) is 0. The summed E-state index contributed by atoms with van der Waals surface area (Å²) in [6.07, 6.45) is -0.0539. The van der Waals surface area contributed by atoms with Gasteiger partial charge in [-0.1, -0.05) is 0 Å². The first-order chi connectivity index (χ1) is 5.68. The number of rotatable bonds is 0. The molecule has 0 fully saturated rings. The van der Waals surface area contributed by atoms with Crippen LogP contribution >= 0.6 is 0 Å². The van der Waals surface area contributed by atoms with E-state index in [1.54, 1.807) is 6.07 Å². The maximum absolute atomic E-state index is 12.8. The van der Waals surface area contributed by atoms with E-state index in [0.717, 1.165) is 5.56 Å². The second-order valence-electron chi connectivity index (χ2n) is 3.03. The summed E-state index contributed by atoms with van der Waals surface area (Å²) >= 11 is 0. The van der Waals surface area contributed by atoms with Crippen LogP contribution in [0.4, 0.5) is 4.39 Å². The second kappa shape index (κ2) is 2.45. The van der Waals surface area contributed by atoms with Gasteiger partial charge in [0, 0.05) is 5.56 Å². The minimum absolute atomic E-state index is 0.0539. The van der Waals surface area contributed by atoms with Crippen LogP contribution in [0, 0.1) is 5.82 Å². The smallest absolute Gasteiger partial charge is 0.124 e. The van der Waals surface area contributed by atoms with Crippen molar-refractivity contribution in [1.29, 1.82) is 0 Å². The van der Waals surface area contributed by atoms with Crippen molar-refractivity contribution in [2.24, 2.45) is 5.73 Å². The summed E-state index contributed by atoms with van der Waals surface area (Å²) in [6, 6.07) is 4.23. The molecule has 2 nitrogen and oxygen atoms in total. The molecule has 2 atom stereocenters. The van der Waals surface area contributed by atoms with Crippen molar-refractivity contribution in [3.63, 3.8) is 0 Å². The van der Waals surface area contributed by atoms with E-state index in [0.29, 0.717) is 5.75 Å². The predicted molar refractivity (Wildman–Crippen MR) is 43.4 cm³/mol. The molecule has 1 heterocycles. The maximum Gasteiger partial charge on any atom is 0.124 e. The van der Waals surface area contributed by atoms with Crippen molar-refractivity contribution >= 4 is 0 Å². The van der Waals surface area contributed by atoms with Crippen LogP contribution in [0.3, 0.4) is 0 Å². The minimum atomic E-state index is -0.262. The molecule has 0 aromatic heterocycles. The molecule has 1 aliphatic rings. The minimum Gasteiger partial charge on any atom is -0.488 e. The highest BCUT2D eigenvalue weighted by atomic mass is 19.1. The second-order valence-corrected chi connectivity index (χ2v) is 3.03. The van der Waals surface area contributed by atoms with E-state index in [1.165, 1.54) is 12.1 Å². The van der Waals surface area contributed by atoms with Gasteiger partial charge >= 0.3 is 0 Å². The summed E-state index contributed by atoms with van der Waals surface area (Å²) < 4.78 is 18.1. The van der Waals surface area contributed by atoms with Gasteiger partial charge < -0.3 is 10.5 Å². The molecule has 0 unspecified atom stereocenters. The van der Waals surface area contributed by atoms with Gasteiger partial charge in [0.1, 0.15) is 17.7 Å². The van der Waals surface area contributed by atoms with Crippen LogP contribution < -0.4 is 10.5 Å². The first kappa shape index (κ1) is 7.55. The van der Waals surface area contributed by atoms with Gasteiger partial charge in [-0.2, -0.15) is 0 Å². The number of ether oxygens (including phenoxy) is 1. The van der Waals surface area contributed by atoms with Crippen LogP contribution in [0.2, 0.25) is 0 Å². The molecular formula is C9H10FNO. The Labute approximate surface area is 70.1 Å². The Balaban J connectivity index is 2.48. The molecule has 1 aromatic carbocycles. The maximum atomic E-state index is 12.8. The number of fused-ring (bicyclic) bond motifs is 1. The molecular weight excluding hydrogens is 157 g/mol. The molecule has 64 valence electrons. The monoisotopic (exact) mass is 167 g/mol. The highest BCUT2D eigenvalue weighted by molar-refractivity contribution is 5.40. The first-order valence-electron chi connectivity index (χ1n) is 3.90. The van der Waals surface area contributed by atoms with Gasteiger partial charge in [0.05, 0.1) is 6.04 Å². The molecule has 2 N–H and O–H groups in total. The fourth-order valence-electron chi connectivity index (χ4n) is 1.41. The Morgan fingerprint density at radius 3 is 3.00 bits per heavy atom. The van der Waals surface area contributed by atoms with Gasteiger partial charge in [-0.25, -0.2) is 4.39 Å². The fourth-order valence-corrected chi connectivity index (χ4v) is 1.41. The van der Waals surface area contributed by atoms with E-state index >= 15 is 0 Å². The van der Waals surface area contributed by atoms with E-state index in [-0.39, 0.29) is 18.0 Å². The van der Waals surface area contributed by atoms with Crippen molar-refractivity contribution in [2.75, 3.05) is 0 Å². The van der Waals surface area contributed by atoms with Crippen molar-refractivity contribution in [1.82, 2.24) is 0 Å². The zero-order chi connectivity index (χ0) is 8.72. The van der Waals surface area contributed by atoms with Gasteiger partial charge in [0.25, 0.3) is 0 Å². The fraction of sp³-hybridized carbons (Fsp3) is 0.333. The lowest BCUT2D eigenvalue weighted by Crippen LogP contribution is -2.21. The van der Waals surface area contributed by atoms with Gasteiger partial charge in [0.2, 0.25) is 0 Å². The quantitative estimate of drug-likeness (QED) is 0.637. The SMILES string of the molecule is C[C@H]1Oc2ccc(F)cc2[C@H]1N. The molecule has 0 spiro atoms. The molecule has 12 heavy (non-hydrogen) atoms. The highest BCUT2D eigenvalue weighted by Crippen LogP contribution is 2.34. The van der Waals surface area contributed by atoms with Crippen LogP contribution in [-0.2, 0) is 0 Å². The third-order valence-corrected chi connectivity index (χ3v) is 2.15. The highest BCUT2D eigenvalue weighted by Gasteiger charge is 2.27. The molecule has 0 saturated carbocycles. The third-order valence-electron chi connectivity index (χ3n) is 2.15. The lowest BCUT2D eigenvalue weighted by molar-refractivity contribution is 0.228. The molecule has 0 bridgehead atoms. The Hall–Kier alpha value is -1.09. The van der Waals surface area contributed by atoms with Crippen LogP contribution in [0.25, 0.3) is 0 Å². The summed E-state index contributed by atoms with van der Waals surface area (Å²) in [6.45, 7) is 1.88. The lowest BCUT2D eigenvalue weighted by Gasteiger charge is -2.07. The summed E-state index contributed by atoms with van der Waals surface area (Å²) in [5.41, 5.74) is 6.53. The normalized spacial score (nSPS) is 26.6. The molecule has 1 aromatic rings. The Kier molecular flexibility index (Phi) is 1.54. The Bertz CT molecular complexity index is 313. The number of benzene rings is 1. The van der Waals surface area contributed by atoms with Crippen LogP contribution in [0.1, 0.15) is 18.5 Å². The van der Waals surface area contributed by atoms with Crippen LogP contribution in [0.5, 0.6) is 5.75 Å². The largest absolute Gasteiger partial charge is 0.488 e. The van der Waals surface area contributed by atoms with Crippen molar-refractivity contribution < 1.29 is 9.13 Å². The molecule has 0 amide bonds. The lowest BCUT2D eigenvalue weighted by atomic mass is 10.1. The van der Waals surface area contributed by atoms with E-state index in [9.17, 15) is 4.39 Å². The van der Waals surface area contributed by atoms with Crippen molar-refractivity contribution in [3.8, 4) is 5.75 Å². The standard InChI is InChI=1S/C9H10FNO/c1-5-9(11)7-4-6(10)2-3-8(7)12-5/h2-5,9H,11H2,1H3/t5-,9+/m1/s1. The summed E-state index contributed by atoms with van der Waals surface area (Å²) in [7, 11) is 0. The third kappa shape index (κ3) is 0.975. The number of nitrogens with two attached hydrogens (primary N) is 1. The molecule has 0 radical (unpaired) electrons. The topological polar surface area (TPSA) is 35.2 Å². The van der Waals surface area contributed by atoms with Gasteiger partial charge in [-0.05, 0) is 25.1 Å². The molecule has 2 rings (SSSR count). The van der Waals surface area contributed by atoms with Gasteiger partial charge in [-0.15, -0.1) is 0 Å². The van der Waals surface area contributed by atoms with E-state index < -0.39 is 0 Å². The number of halogens is 1. The van der Waals surface area contributed by atoms with Gasteiger partial charge in [0.15, 0.2) is 0 Å². The Morgan fingerprint density at radius 1 is 1.50 bits per heavy atom. The van der Waals surface area contributed by atoms with E-state index in [2.05, 4.69) is 0 Å². The van der Waals surface area contributed by atoms with Gasteiger partial charge in [-0.3, -0.25) is 0 Å². The van der Waals surface area contributed by atoms with Crippen molar-refractivity contribution in [2.45, 2.75) is 19.1 Å². The summed E-state index contributed by atoms with van der Waals surface area (Å²) in [5.74, 6) is 0.443. The zero-order valence-electron chi connectivity index (χ0n) is 6.75. The van der Waals surface area contributed by atoms with Crippen molar-refractivity contribution in [3.05, 3.63) is 29.6 Å². The zero-order valence-corrected chi connectivity index (χ0v) is 6.75. The molecule has 3 heteroatoms. The number of hydrogen-bond acceptors (Lipinski definition) is 2. The Morgan fingerprint density at radius 2 is 2.25 bits per heavy atom. The summed E-state index contributed by atoms with van der Waals surface area (Å²) in [4.78, 5) is 0. The van der Waals surface area contributed by atoms with E-state index in [4.69, 9.17) is 10.5 Å². The molecule has 0 saturated heterocycles. The number of hydrogen-bond donors (Lipinski definition) is 1. The average Bonchev–Trinajstić information content (AvgIpc) is 2.31. The first-order valence-corrected chi connectivity index (χ1v) is 3.90. The average molecular weight is 167 g/mol. The van der Waals surface area contributed by atoms with Crippen LogP contribution in [-0.4, -0.2) is 6.10 Å². The predicted octanol–water partition coefficient (Wildman–Crippen LogP) is 1.61. The van der Waals surface area contributed by atoms with Crippen LogP contribution in [0.15, 0.2) is 18.2 Å². The van der Waals surface area contributed by atoms with E-state index in [1.807, 2.05) is 6.92 Å². The molecule has 0 aliphatic carbocycles. The molecule has 1 aliphatic heterocycles.